The van der Waals surface area contributed by atoms with E-state index in [2.05, 4.69) is 9.97 Å². The van der Waals surface area contributed by atoms with E-state index in [0.29, 0.717) is 30.1 Å². The predicted molar refractivity (Wildman–Crippen MR) is 77.2 cm³/mol. The summed E-state index contributed by atoms with van der Waals surface area (Å²) in [5.74, 6) is 0. The maximum Gasteiger partial charge on any atom is 0.166 e. The molecule has 0 saturated carbocycles. The zero-order chi connectivity index (χ0) is 15.3. The first-order chi connectivity index (χ1) is 10.7. The summed E-state index contributed by atoms with van der Waals surface area (Å²) >= 11 is 0. The molecule has 4 heterocycles. The number of methoxy groups -OCH3 is 2. The molecule has 2 unspecified atom stereocenters. The van der Waals surface area contributed by atoms with Crippen LogP contribution in [0.4, 0.5) is 5.69 Å². The molecule has 0 aliphatic carbocycles. The van der Waals surface area contributed by atoms with Gasteiger partial charge in [0.05, 0.1) is 25.2 Å². The van der Waals surface area contributed by atoms with Gasteiger partial charge in [-0.05, 0) is 6.07 Å². The van der Waals surface area contributed by atoms with Crippen molar-refractivity contribution in [3.05, 3.63) is 18.6 Å². The summed E-state index contributed by atoms with van der Waals surface area (Å²) in [6.07, 6.45) is 2.53. The van der Waals surface area contributed by atoms with E-state index in [4.69, 9.17) is 24.7 Å². The molecular weight excluding hydrogens is 288 g/mol. The number of anilines is 1. The molecule has 2 aliphatic rings. The van der Waals surface area contributed by atoms with Gasteiger partial charge < -0.3 is 24.7 Å². The lowest BCUT2D eigenvalue weighted by Crippen LogP contribution is -2.45. The number of hydrogen-bond acceptors (Lipinski definition) is 7. The zero-order valence-electron chi connectivity index (χ0n) is 12.4. The third kappa shape index (κ3) is 1.72. The van der Waals surface area contributed by atoms with Crippen molar-refractivity contribution >= 4 is 16.9 Å². The Morgan fingerprint density at radius 3 is 3.09 bits per heavy atom. The largest absolute Gasteiger partial charge is 0.397 e. The molecule has 2 saturated heterocycles. The number of pyridine rings is 1. The van der Waals surface area contributed by atoms with Gasteiger partial charge >= 0.3 is 0 Å². The molecule has 2 bridgehead atoms. The first-order valence-corrected chi connectivity index (χ1v) is 7.08. The van der Waals surface area contributed by atoms with Crippen molar-refractivity contribution in [1.82, 2.24) is 14.5 Å². The van der Waals surface area contributed by atoms with Gasteiger partial charge in [-0.3, -0.25) is 4.57 Å². The fourth-order valence-corrected chi connectivity index (χ4v) is 3.45. The molecule has 8 nitrogen and oxygen atoms in total. The van der Waals surface area contributed by atoms with Crippen LogP contribution in [0.15, 0.2) is 18.6 Å². The van der Waals surface area contributed by atoms with E-state index in [1.807, 2.05) is 4.57 Å². The van der Waals surface area contributed by atoms with E-state index in [-0.39, 0.29) is 18.4 Å². The average Bonchev–Trinajstić information content (AvgIpc) is 3.16. The fraction of sp³-hybridized carbons (Fsp3) is 0.571. The molecular formula is C14H18N4O4. The second-order valence-corrected chi connectivity index (χ2v) is 5.66. The van der Waals surface area contributed by atoms with E-state index in [0.717, 1.165) is 0 Å². The van der Waals surface area contributed by atoms with Crippen molar-refractivity contribution in [3.63, 3.8) is 0 Å². The molecule has 22 heavy (non-hydrogen) atoms. The van der Waals surface area contributed by atoms with E-state index in [1.54, 1.807) is 32.8 Å². The van der Waals surface area contributed by atoms with Gasteiger partial charge in [0.25, 0.3) is 0 Å². The average molecular weight is 306 g/mol. The van der Waals surface area contributed by atoms with Crippen LogP contribution in [0.3, 0.4) is 0 Å². The SMILES string of the molecule is COC[C@]12COC(C1OC)[C@H](n1cnc3c(N)ccnc31)O2. The summed E-state index contributed by atoms with van der Waals surface area (Å²) in [4.78, 5) is 8.70. The number of aromatic nitrogens is 3. The summed E-state index contributed by atoms with van der Waals surface area (Å²) in [6, 6.07) is 1.72. The third-order valence-corrected chi connectivity index (χ3v) is 4.38. The van der Waals surface area contributed by atoms with Crippen LogP contribution in [-0.4, -0.2) is 59.8 Å². The van der Waals surface area contributed by atoms with Gasteiger partial charge in [-0.15, -0.1) is 0 Å². The zero-order valence-corrected chi connectivity index (χ0v) is 12.4. The molecule has 2 aromatic heterocycles. The minimum Gasteiger partial charge on any atom is -0.397 e. The Balaban J connectivity index is 1.76. The van der Waals surface area contributed by atoms with Gasteiger partial charge in [0.2, 0.25) is 0 Å². The summed E-state index contributed by atoms with van der Waals surface area (Å²) in [6.45, 7) is 0.851. The molecule has 2 N–H and O–H groups in total. The summed E-state index contributed by atoms with van der Waals surface area (Å²) in [5.41, 5.74) is 7.25. The van der Waals surface area contributed by atoms with Crippen molar-refractivity contribution in [2.75, 3.05) is 33.2 Å². The highest BCUT2D eigenvalue weighted by Crippen LogP contribution is 2.47. The van der Waals surface area contributed by atoms with Crippen molar-refractivity contribution < 1.29 is 18.9 Å². The summed E-state index contributed by atoms with van der Waals surface area (Å²) in [7, 11) is 3.30. The molecule has 4 atom stereocenters. The second-order valence-electron chi connectivity index (χ2n) is 5.66. The fourth-order valence-electron chi connectivity index (χ4n) is 3.45. The van der Waals surface area contributed by atoms with Crippen LogP contribution in [0, 0.1) is 0 Å². The van der Waals surface area contributed by atoms with E-state index < -0.39 is 5.60 Å². The molecule has 118 valence electrons. The van der Waals surface area contributed by atoms with E-state index >= 15 is 0 Å². The van der Waals surface area contributed by atoms with Crippen LogP contribution in [0.5, 0.6) is 0 Å². The van der Waals surface area contributed by atoms with Gasteiger partial charge in [-0.2, -0.15) is 0 Å². The molecule has 2 aromatic rings. The topological polar surface area (TPSA) is 93.7 Å². The van der Waals surface area contributed by atoms with Crippen LogP contribution in [0.1, 0.15) is 6.23 Å². The lowest BCUT2D eigenvalue weighted by Gasteiger charge is -2.30. The van der Waals surface area contributed by atoms with Crippen molar-refractivity contribution in [1.29, 1.82) is 0 Å². The number of imidazole rings is 1. The van der Waals surface area contributed by atoms with Gasteiger partial charge in [0.15, 0.2) is 11.9 Å². The van der Waals surface area contributed by atoms with Gasteiger partial charge in [0, 0.05) is 20.4 Å². The van der Waals surface area contributed by atoms with Crippen LogP contribution in [0.2, 0.25) is 0 Å². The molecule has 0 amide bonds. The van der Waals surface area contributed by atoms with Crippen molar-refractivity contribution in [3.8, 4) is 0 Å². The number of hydrogen-bond donors (Lipinski definition) is 1. The highest BCUT2D eigenvalue weighted by molar-refractivity contribution is 5.83. The first kappa shape index (κ1) is 13.9. The Bertz CT molecular complexity index is 705. The van der Waals surface area contributed by atoms with Crippen LogP contribution in [-0.2, 0) is 18.9 Å². The van der Waals surface area contributed by atoms with E-state index in [9.17, 15) is 0 Å². The maximum atomic E-state index is 6.25. The smallest absolute Gasteiger partial charge is 0.166 e. The Morgan fingerprint density at radius 2 is 2.32 bits per heavy atom. The number of ether oxygens (including phenoxy) is 4. The van der Waals surface area contributed by atoms with Gasteiger partial charge in [-0.1, -0.05) is 0 Å². The van der Waals surface area contributed by atoms with Crippen molar-refractivity contribution in [2.45, 2.75) is 24.0 Å². The number of nitrogen functional groups attached to an aromatic ring is 1. The van der Waals surface area contributed by atoms with Crippen LogP contribution in [0.25, 0.3) is 11.2 Å². The number of fused-ring (bicyclic) bond motifs is 3. The Labute approximate surface area is 127 Å². The molecule has 0 radical (unpaired) electrons. The number of rotatable bonds is 4. The quantitative estimate of drug-likeness (QED) is 0.870. The lowest BCUT2D eigenvalue weighted by atomic mass is 10.0. The van der Waals surface area contributed by atoms with Crippen LogP contribution < -0.4 is 5.73 Å². The molecule has 0 spiro atoms. The monoisotopic (exact) mass is 306 g/mol. The summed E-state index contributed by atoms with van der Waals surface area (Å²) < 4.78 is 24.9. The van der Waals surface area contributed by atoms with Gasteiger partial charge in [-0.25, -0.2) is 9.97 Å². The molecule has 4 rings (SSSR count). The standard InChI is InChI=1S/C14H18N4O4/c1-19-5-14-6-21-10(11(14)20-2)13(22-14)18-7-17-9-8(15)3-4-16-12(9)18/h3-4,7,10-11,13H,5-6H2,1-2H3,(H2,15,16)/t10?,11?,13-,14+/m1/s1. The minimum atomic E-state index is -0.601. The minimum absolute atomic E-state index is 0.198. The Morgan fingerprint density at radius 1 is 1.45 bits per heavy atom. The maximum absolute atomic E-state index is 6.25. The molecule has 0 aromatic carbocycles. The summed E-state index contributed by atoms with van der Waals surface area (Å²) in [5, 5.41) is 0. The number of nitrogens with two attached hydrogens (primary N) is 1. The Kier molecular flexibility index (Phi) is 3.08. The first-order valence-electron chi connectivity index (χ1n) is 7.08. The predicted octanol–water partition coefficient (Wildman–Crippen LogP) is 0.341. The van der Waals surface area contributed by atoms with Crippen LogP contribution >= 0.6 is 0 Å². The Hall–Kier alpha value is -1.74. The third-order valence-electron chi connectivity index (χ3n) is 4.38. The van der Waals surface area contributed by atoms with E-state index in [1.165, 1.54) is 0 Å². The highest BCUT2D eigenvalue weighted by Gasteiger charge is 2.63. The van der Waals surface area contributed by atoms with Gasteiger partial charge in [0.1, 0.15) is 23.3 Å². The lowest BCUT2D eigenvalue weighted by molar-refractivity contribution is -0.189. The molecule has 2 aliphatic heterocycles. The normalized spacial score (nSPS) is 33.8. The molecule has 2 fully saturated rings. The highest BCUT2D eigenvalue weighted by atomic mass is 16.7. The number of nitrogens with zero attached hydrogens (tertiary/aromatic N) is 3. The second kappa shape index (κ2) is 4.88. The molecule has 8 heteroatoms. The van der Waals surface area contributed by atoms with Crippen molar-refractivity contribution in [2.24, 2.45) is 0 Å².